The second kappa shape index (κ2) is 58.3. The van der Waals surface area contributed by atoms with E-state index in [9.17, 15) is 48.9 Å². The Morgan fingerprint density at radius 3 is 1.27 bits per heavy atom. The van der Waals surface area contributed by atoms with Crippen LogP contribution in [0.25, 0.3) is 51.7 Å². The average molecular weight is 2270 g/mol. The Balaban J connectivity index is 0.000000474. The topological polar surface area (TPSA) is 534 Å². The molecule has 628 valence electrons. The van der Waals surface area contributed by atoms with Crippen LogP contribution in [0.4, 0.5) is 5.82 Å². The fourth-order valence-corrected chi connectivity index (χ4v) is 16.3. The number of halogens is 8. The van der Waals surface area contributed by atoms with Crippen LogP contribution in [0.1, 0.15) is 99.1 Å². The van der Waals surface area contributed by atoms with Crippen molar-refractivity contribution in [3.8, 4) is 24.3 Å². The number of esters is 2. The Hall–Kier alpha value is -6.86. The molecule has 2 aliphatic rings. The first-order valence-electron chi connectivity index (χ1n) is 33.0. The van der Waals surface area contributed by atoms with E-state index in [2.05, 4.69) is 233 Å². The van der Waals surface area contributed by atoms with E-state index in [1.807, 2.05) is 55.5 Å². The molecular weight excluding hydrogens is 2200 g/mol. The molecule has 11 aromatic heterocycles. The largest absolute Gasteiger partial charge is 1.00 e. The number of pyridine rings is 6. The summed E-state index contributed by atoms with van der Waals surface area (Å²) in [6, 6.07) is 19.7. The molecule has 0 radical (unpaired) electrons. The van der Waals surface area contributed by atoms with Gasteiger partial charge in [-0.2, -0.15) is 26.0 Å². The molecule has 13 rings (SSSR count). The minimum absolute atomic E-state index is 0. The van der Waals surface area contributed by atoms with Crippen molar-refractivity contribution in [3.63, 3.8) is 0 Å². The number of hydrogen-bond donors (Lipinski definition) is 7. The first-order chi connectivity index (χ1) is 55.8. The number of aliphatic carboxylic acids is 1. The Labute approximate surface area is 823 Å². The third kappa shape index (κ3) is 40.6. The van der Waals surface area contributed by atoms with E-state index in [1.165, 1.54) is 75.6 Å². The van der Waals surface area contributed by atoms with Gasteiger partial charge in [-0.3, -0.25) is 33.6 Å². The maximum Gasteiger partial charge on any atom is 1.00 e. The van der Waals surface area contributed by atoms with Crippen LogP contribution >= 0.6 is 192 Å². The predicted octanol–water partition coefficient (Wildman–Crippen LogP) is 11.4. The van der Waals surface area contributed by atoms with Crippen LogP contribution in [0.2, 0.25) is 4.47 Å². The zero-order valence-electron chi connectivity index (χ0n) is 61.4. The summed E-state index contributed by atoms with van der Waals surface area (Å²) in [5.41, 5.74) is 13.5. The van der Waals surface area contributed by atoms with Gasteiger partial charge in [0.2, 0.25) is 29.7 Å². The number of hydrogen-bond acceptors (Lipinski definition) is 36. The van der Waals surface area contributed by atoms with Gasteiger partial charge in [0.25, 0.3) is 0 Å². The van der Waals surface area contributed by atoms with Gasteiger partial charge in [-0.25, -0.2) is 59.6 Å². The minimum atomic E-state index is -1.18. The average Bonchev–Trinajstić information content (AvgIpc) is 1.64. The van der Waals surface area contributed by atoms with Crippen molar-refractivity contribution in [1.82, 2.24) is 76.1 Å². The molecule has 0 spiro atoms. The van der Waals surface area contributed by atoms with Gasteiger partial charge in [-0.15, -0.1) is 56.7 Å². The van der Waals surface area contributed by atoms with Crippen molar-refractivity contribution in [3.05, 3.63) is 129 Å². The van der Waals surface area contributed by atoms with Crippen molar-refractivity contribution in [2.24, 2.45) is 10.7 Å². The SMILES string of the molecule is C.C.CCOC(=O)CN=C=O.CCOC(=O)CNC(=O)C(C#N)c1nc2ncc(Br)cc2s1.CCOC(=S)[S-].Clc1nc2ncc(Br)cc2s1.N#CC(C(=O)NCC(=O)NC1CC1)c1nc2ncc(Br)cc2s1.N#CC(C(=O)NCC(=O)O)c1nc2ncc(Br)cc2s1.N#CCc1nc2ncc(Br)cc2s1.NC1CC1.Nc1ncc(Br)cc1Br.[K+]. The Morgan fingerprint density at radius 2 is 0.925 bits per heavy atom. The van der Waals surface area contributed by atoms with Crippen LogP contribution in [0, 0.1) is 45.3 Å². The number of carboxylic acid groups (broad SMARTS) is 1. The number of carboxylic acids is 1. The molecule has 34 nitrogen and oxygen atoms in total. The number of nitriles is 4. The molecule has 50 heteroatoms. The first-order valence-corrected chi connectivity index (χ1v) is 43.8. The third-order valence-electron chi connectivity index (χ3n) is 13.1. The quantitative estimate of drug-likeness (QED) is 0.00987. The standard InChI is InChI=1S/C14H12BrN5O2S.C13H11BrN4O3S.C11H7BrN4O3S.C8H4BrN3S.C6H2BrClN2S.C5H4Br2N2.C5H7NO3.C3H7N.C3H6OS2.2CH4.K/c15-7-3-10-12(17-5-7)20-14(23-10)9(4-16)13(22)18-6-11(21)19-8-1-2-8;1-2-21-10(19)6-17-12(20)8(4-15)13-18-11-9(22-13)3-7(14)5-16-11;12-5-1-7-9(14-3-5)16-11(20-7)6(2-13)10(19)15-4-8(17)18;9-5-3-6-8(11-4-5)12-7(13-6)1-2-10;7-3-1-4-5(9-2-3)10-6(8)11-4;6-3-1-4(7)5(8)9-2-3;1-2-9-5(8)3-6-4-7;4-3-1-2-3;1-2-4-3(5)6;;;/h3,5,8-9H,1-2,6H2,(H,18,22)(H,19,21);3,5,8H,2,6H2,1H3,(H,17,20);1,3,6H,4H2,(H,15,19)(H,17,18);3-4H,1H2;1-2H;1-2H,(H2,8,9);2-3H2,1H3;3H,1-2,4H2;2H2,1H3,(H,5,6);2*1H4;/q;;;;;;;;;;;+1/p-1. The normalized spacial score (nSPS) is 11.6. The van der Waals surface area contributed by atoms with Crippen molar-refractivity contribution in [1.29, 1.82) is 21.0 Å². The summed E-state index contributed by atoms with van der Waals surface area (Å²) in [5, 5.41) is 56.2. The van der Waals surface area contributed by atoms with Gasteiger partial charge in [0, 0.05) is 80.5 Å². The molecule has 9 N–H and O–H groups in total. The second-order valence-corrected chi connectivity index (χ2v) is 35.3. The number of rotatable bonds is 19. The van der Waals surface area contributed by atoms with Crippen molar-refractivity contribution < 1.29 is 109 Å². The van der Waals surface area contributed by atoms with Crippen LogP contribution in [-0.4, -0.2) is 170 Å². The predicted molar refractivity (Wildman–Crippen MR) is 485 cm³/mol. The molecule has 3 atom stereocenters. The number of amides is 4. The minimum Gasteiger partial charge on any atom is -0.514 e. The maximum absolute atomic E-state index is 12.1. The Kier molecular flexibility index (Phi) is 53.1. The Bertz CT molecular complexity index is 5550. The fraction of sp³-hybridized carbons (Fsp3) is 0.314. The van der Waals surface area contributed by atoms with Gasteiger partial charge in [-0.1, -0.05) is 26.5 Å². The smallest absolute Gasteiger partial charge is 0.514 e. The van der Waals surface area contributed by atoms with Gasteiger partial charge < -0.3 is 76.9 Å². The zero-order valence-corrected chi connectivity index (χ0v) is 82.1. The van der Waals surface area contributed by atoms with E-state index >= 15 is 0 Å². The number of nitrogens with zero attached hydrogens (tertiary/aromatic N) is 16. The second-order valence-electron chi connectivity index (χ2n) is 22.1. The number of nitrogen functional groups attached to an aromatic ring is 1. The number of thiocarbonyl (C=S) groups is 1. The van der Waals surface area contributed by atoms with Crippen LogP contribution < -0.4 is 84.1 Å². The van der Waals surface area contributed by atoms with E-state index in [1.54, 1.807) is 57.1 Å². The number of ether oxygens (including phenoxy) is 3. The monoisotopic (exact) mass is 2260 g/mol. The summed E-state index contributed by atoms with van der Waals surface area (Å²) >= 11 is 44.0. The van der Waals surface area contributed by atoms with Crippen LogP contribution in [0.5, 0.6) is 0 Å². The number of isocyanates is 1. The summed E-state index contributed by atoms with van der Waals surface area (Å²) in [6.45, 7) is 5.15. The summed E-state index contributed by atoms with van der Waals surface area (Å²) in [5.74, 6) is -7.06. The van der Waals surface area contributed by atoms with Gasteiger partial charge in [0.05, 0.1) is 85.0 Å². The maximum atomic E-state index is 12.1. The summed E-state index contributed by atoms with van der Waals surface area (Å²) in [4.78, 5) is 137. The molecule has 2 fully saturated rings. The molecular formula is C70H67Br7ClKN22O12S7. The van der Waals surface area contributed by atoms with Crippen LogP contribution in [-0.2, 0) is 71.6 Å². The van der Waals surface area contributed by atoms with Gasteiger partial charge in [0.15, 0.2) is 50.5 Å². The van der Waals surface area contributed by atoms with Crippen molar-refractivity contribution >= 4 is 314 Å². The number of carbonyl (C=O) groups excluding carboxylic acids is 7. The molecule has 0 bridgehead atoms. The van der Waals surface area contributed by atoms with Gasteiger partial charge in [0.1, 0.15) is 45.5 Å². The van der Waals surface area contributed by atoms with E-state index < -0.39 is 59.9 Å². The number of aliphatic imine (C=N–C) groups is 1. The number of nitrogens with one attached hydrogen (secondary N) is 4. The van der Waals surface area contributed by atoms with Gasteiger partial charge in [-0.05, 0) is 194 Å². The number of nitrogens with two attached hydrogens (primary N) is 2. The zero-order chi connectivity index (χ0) is 86.3. The molecule has 2 aliphatic carbocycles. The summed E-state index contributed by atoms with van der Waals surface area (Å²) in [6.07, 6.45) is 15.9. The fourth-order valence-electron chi connectivity index (χ4n) is 7.70. The molecule has 0 saturated heterocycles. The number of carbonyl (C=O) groups is 7. The molecule has 0 aliphatic heterocycles. The molecule has 4 amide bonds. The molecule has 3 unspecified atom stereocenters. The number of fused-ring (bicyclic) bond motifs is 5. The number of thiazole rings is 5. The number of aromatic nitrogens is 11. The first kappa shape index (κ1) is 109. The third-order valence-corrected chi connectivity index (χ3v) is 21.8. The molecule has 120 heavy (non-hydrogen) atoms. The van der Waals surface area contributed by atoms with E-state index in [4.69, 9.17) is 43.4 Å². The van der Waals surface area contributed by atoms with Gasteiger partial charge >= 0.3 is 69.3 Å². The van der Waals surface area contributed by atoms with Crippen molar-refractivity contribution in [2.45, 2.75) is 97.6 Å². The van der Waals surface area contributed by atoms with Crippen LogP contribution in [0.3, 0.4) is 0 Å². The van der Waals surface area contributed by atoms with E-state index in [-0.39, 0.29) is 114 Å². The molecule has 0 aromatic carbocycles. The summed E-state index contributed by atoms with van der Waals surface area (Å²) in [7, 11) is 0. The molecule has 2 saturated carbocycles. The van der Waals surface area contributed by atoms with E-state index in [0.29, 0.717) is 68.6 Å². The van der Waals surface area contributed by atoms with Crippen molar-refractivity contribution in [2.75, 3.05) is 51.7 Å². The van der Waals surface area contributed by atoms with Crippen LogP contribution in [0.15, 0.2) is 110 Å². The molecule has 11 aromatic rings. The molecule has 11 heterocycles. The van der Waals surface area contributed by atoms with E-state index in [0.717, 1.165) is 78.3 Å². The Morgan fingerprint density at radius 1 is 0.567 bits per heavy atom. The summed E-state index contributed by atoms with van der Waals surface area (Å²) < 4.78 is 24.8. The number of anilines is 1.